The maximum absolute atomic E-state index is 3.32. The zero-order chi connectivity index (χ0) is 5.40. The Labute approximate surface area is 68.7 Å². The molecule has 2 aliphatic rings. The van der Waals surface area contributed by atoms with Crippen LogP contribution in [0.5, 0.6) is 0 Å². The Morgan fingerprint density at radius 2 is 2.33 bits per heavy atom. The monoisotopic (exact) mass is 172 g/mol. The van der Waals surface area contributed by atoms with Gasteiger partial charge in [0.05, 0.1) is 0 Å². The molecule has 2 rings (SSSR count). The van der Waals surface area contributed by atoms with Gasteiger partial charge in [-0.1, -0.05) is 6.42 Å². The first-order valence-electron chi connectivity index (χ1n) is 3.21. The van der Waals surface area contributed by atoms with Gasteiger partial charge in [0.15, 0.2) is 0 Å². The molecule has 1 heterocycles. The van der Waals surface area contributed by atoms with Crippen LogP contribution < -0.4 is 5.32 Å². The summed E-state index contributed by atoms with van der Waals surface area (Å²) in [7, 11) is 0. The normalized spacial score (nSPS) is 23.1. The molecule has 2 heteroatoms. The number of hydrogen-bond donors (Lipinski definition) is 1. The van der Waals surface area contributed by atoms with E-state index in [9.17, 15) is 0 Å². The fraction of sp³-hybridized carbons (Fsp3) is 0.571. The minimum atomic E-state index is 0. The maximum Gasteiger partial charge on any atom is 0 e. The van der Waals surface area contributed by atoms with E-state index >= 15 is 0 Å². The van der Waals surface area contributed by atoms with Gasteiger partial charge in [0.1, 0.15) is 0 Å². The van der Waals surface area contributed by atoms with Crippen molar-refractivity contribution in [2.24, 2.45) is 0 Å². The first kappa shape index (κ1) is 7.30. The smallest absolute Gasteiger partial charge is 0 e. The summed E-state index contributed by atoms with van der Waals surface area (Å²) in [5, 5.41) is 3.32. The summed E-state index contributed by atoms with van der Waals surface area (Å²) >= 11 is 0. The standard InChI is InChI=1S/C7H10N.Zn/c1-2-6(1)7-3-4-8-5-7;/h1,8H,2-5H2;/q-1;. The van der Waals surface area contributed by atoms with Crippen molar-refractivity contribution in [1.82, 2.24) is 5.32 Å². The van der Waals surface area contributed by atoms with Crippen LogP contribution in [0, 0.1) is 5.92 Å². The van der Waals surface area contributed by atoms with Crippen LogP contribution in [-0.4, -0.2) is 13.1 Å². The average Bonchev–Trinajstić information content (AvgIpc) is 2.49. The Morgan fingerprint density at radius 3 is 2.78 bits per heavy atom. The third-order valence-electron chi connectivity index (χ3n) is 1.80. The van der Waals surface area contributed by atoms with E-state index in [1.807, 2.05) is 0 Å². The van der Waals surface area contributed by atoms with Gasteiger partial charge >= 0.3 is 0 Å². The molecule has 1 saturated heterocycles. The molecule has 0 aromatic carbocycles. The largest absolute Gasteiger partial charge is 0.330 e. The van der Waals surface area contributed by atoms with E-state index in [1.165, 1.54) is 19.4 Å². The van der Waals surface area contributed by atoms with Crippen molar-refractivity contribution in [3.63, 3.8) is 0 Å². The molecule has 1 aliphatic carbocycles. The van der Waals surface area contributed by atoms with Gasteiger partial charge in [0, 0.05) is 19.5 Å². The van der Waals surface area contributed by atoms with Crippen LogP contribution in [0.3, 0.4) is 0 Å². The molecule has 1 aliphatic heterocycles. The first-order valence-corrected chi connectivity index (χ1v) is 3.21. The number of rotatable bonds is 1. The van der Waals surface area contributed by atoms with Crippen LogP contribution in [0.25, 0.3) is 0 Å². The van der Waals surface area contributed by atoms with Crippen molar-refractivity contribution < 1.29 is 19.5 Å². The Morgan fingerprint density at radius 1 is 1.56 bits per heavy atom. The van der Waals surface area contributed by atoms with Crippen molar-refractivity contribution >= 4 is 0 Å². The SMILES string of the molecule is C1=C([C-]2CCNC2)C1.[Zn]. The van der Waals surface area contributed by atoms with Crippen molar-refractivity contribution in [2.45, 2.75) is 12.8 Å². The van der Waals surface area contributed by atoms with Crippen LogP contribution in [-0.2, 0) is 19.5 Å². The molecule has 9 heavy (non-hydrogen) atoms. The Kier molecular flexibility index (Phi) is 2.31. The van der Waals surface area contributed by atoms with Crippen LogP contribution in [0.4, 0.5) is 0 Å². The number of allylic oxidation sites excluding steroid dienone is 1. The third kappa shape index (κ3) is 1.56. The summed E-state index contributed by atoms with van der Waals surface area (Å²) in [5.74, 6) is 1.66. The minimum absolute atomic E-state index is 0. The Bertz CT molecular complexity index is 125. The molecule has 0 bridgehead atoms. The molecule has 0 spiro atoms. The number of hydrogen-bond acceptors (Lipinski definition) is 1. The molecule has 0 aromatic rings. The summed E-state index contributed by atoms with van der Waals surface area (Å²) in [4.78, 5) is 0. The molecular weight excluding hydrogens is 163 g/mol. The Balaban J connectivity index is 0.000000405. The van der Waals surface area contributed by atoms with Crippen molar-refractivity contribution in [3.8, 4) is 0 Å². The van der Waals surface area contributed by atoms with Gasteiger partial charge in [-0.2, -0.15) is 5.92 Å². The van der Waals surface area contributed by atoms with Gasteiger partial charge in [-0.15, -0.1) is 6.42 Å². The van der Waals surface area contributed by atoms with Gasteiger partial charge in [0.2, 0.25) is 0 Å². The van der Waals surface area contributed by atoms with Crippen molar-refractivity contribution in [1.29, 1.82) is 0 Å². The molecular formula is C7H10NZn-. The maximum atomic E-state index is 3.32. The summed E-state index contributed by atoms with van der Waals surface area (Å²) in [6.45, 7) is 2.36. The van der Waals surface area contributed by atoms with E-state index in [0.717, 1.165) is 6.54 Å². The Hall–Kier alpha value is 0.193. The van der Waals surface area contributed by atoms with E-state index < -0.39 is 0 Å². The van der Waals surface area contributed by atoms with Crippen LogP contribution >= 0.6 is 0 Å². The number of nitrogens with one attached hydrogen (secondary N) is 1. The second-order valence-electron chi connectivity index (χ2n) is 2.46. The fourth-order valence-electron chi connectivity index (χ4n) is 1.18. The van der Waals surface area contributed by atoms with Crippen LogP contribution in [0.2, 0.25) is 0 Å². The fourth-order valence-corrected chi connectivity index (χ4v) is 1.18. The summed E-state index contributed by atoms with van der Waals surface area (Å²) in [6, 6.07) is 0. The molecule has 46 valence electrons. The van der Waals surface area contributed by atoms with Gasteiger partial charge in [-0.25, -0.2) is 11.6 Å². The molecule has 1 nitrogen and oxygen atoms in total. The second-order valence-corrected chi connectivity index (χ2v) is 2.46. The topological polar surface area (TPSA) is 12.0 Å². The van der Waals surface area contributed by atoms with Gasteiger partial charge in [0.25, 0.3) is 0 Å². The van der Waals surface area contributed by atoms with Crippen molar-refractivity contribution in [3.05, 3.63) is 17.6 Å². The van der Waals surface area contributed by atoms with E-state index in [2.05, 4.69) is 11.4 Å². The molecule has 0 saturated carbocycles. The molecule has 0 unspecified atom stereocenters. The quantitative estimate of drug-likeness (QED) is 0.459. The predicted octanol–water partition coefficient (Wildman–Crippen LogP) is 0.882. The van der Waals surface area contributed by atoms with Crippen LogP contribution in [0.15, 0.2) is 11.6 Å². The molecule has 0 atom stereocenters. The van der Waals surface area contributed by atoms with Crippen molar-refractivity contribution in [2.75, 3.05) is 13.1 Å². The van der Waals surface area contributed by atoms with E-state index in [0.29, 0.717) is 0 Å². The summed E-state index contributed by atoms with van der Waals surface area (Å²) in [5.41, 5.74) is 1.62. The summed E-state index contributed by atoms with van der Waals surface area (Å²) in [6.07, 6.45) is 4.88. The average molecular weight is 174 g/mol. The molecule has 0 aromatic heterocycles. The summed E-state index contributed by atoms with van der Waals surface area (Å²) < 4.78 is 0. The van der Waals surface area contributed by atoms with E-state index in [1.54, 1.807) is 11.5 Å². The van der Waals surface area contributed by atoms with E-state index in [-0.39, 0.29) is 19.5 Å². The first-order chi connectivity index (χ1) is 3.97. The minimum Gasteiger partial charge on any atom is -0.330 e. The van der Waals surface area contributed by atoms with Gasteiger partial charge in [-0.3, -0.25) is 0 Å². The van der Waals surface area contributed by atoms with Gasteiger partial charge < -0.3 is 5.32 Å². The molecule has 0 radical (unpaired) electrons. The zero-order valence-electron chi connectivity index (χ0n) is 5.61. The van der Waals surface area contributed by atoms with Crippen LogP contribution in [0.1, 0.15) is 12.8 Å². The van der Waals surface area contributed by atoms with E-state index in [4.69, 9.17) is 0 Å². The predicted molar refractivity (Wildman–Crippen MR) is 33.4 cm³/mol. The van der Waals surface area contributed by atoms with Gasteiger partial charge in [-0.05, 0) is 13.1 Å². The molecule has 1 N–H and O–H groups in total. The zero-order valence-corrected chi connectivity index (χ0v) is 8.58. The second kappa shape index (κ2) is 2.85. The third-order valence-corrected chi connectivity index (χ3v) is 1.80. The molecule has 0 amide bonds. The molecule has 1 fully saturated rings.